The number of nitrogens with one attached hydrogen (secondary N) is 1. The number of H-pyrrole nitrogens is 1. The van der Waals surface area contributed by atoms with E-state index in [-0.39, 0.29) is 17.7 Å². The summed E-state index contributed by atoms with van der Waals surface area (Å²) >= 11 is 0. The number of pyridine rings is 1. The van der Waals surface area contributed by atoms with Gasteiger partial charge >= 0.3 is 0 Å². The van der Waals surface area contributed by atoms with Crippen molar-refractivity contribution in [3.63, 3.8) is 0 Å². The minimum atomic E-state index is -0.431. The number of anilines is 1. The van der Waals surface area contributed by atoms with Crippen LogP contribution in [0.5, 0.6) is 0 Å². The van der Waals surface area contributed by atoms with Gasteiger partial charge in [0.1, 0.15) is 6.04 Å². The van der Waals surface area contributed by atoms with Crippen molar-refractivity contribution in [1.82, 2.24) is 25.2 Å². The smallest absolute Gasteiger partial charge is 0.254 e. The highest BCUT2D eigenvalue weighted by Gasteiger charge is 2.38. The second-order valence-electron chi connectivity index (χ2n) is 9.92. The summed E-state index contributed by atoms with van der Waals surface area (Å²) in [4.78, 5) is 19.1. The van der Waals surface area contributed by atoms with Crippen LogP contribution >= 0.6 is 0 Å². The van der Waals surface area contributed by atoms with Crippen molar-refractivity contribution in [2.24, 2.45) is 0 Å². The normalized spacial score (nSPS) is 20.5. The molecule has 2 aliphatic rings. The molecule has 8 heteroatoms. The quantitative estimate of drug-likeness (QED) is 0.477. The Morgan fingerprint density at radius 1 is 1.17 bits per heavy atom. The van der Waals surface area contributed by atoms with Gasteiger partial charge in [-0.25, -0.2) is 4.68 Å². The molecule has 3 atom stereocenters. The number of benzene rings is 2. The van der Waals surface area contributed by atoms with Gasteiger partial charge in [0.2, 0.25) is 0 Å². The fourth-order valence-electron chi connectivity index (χ4n) is 5.61. The maximum atomic E-state index is 13.6. The lowest BCUT2D eigenvalue weighted by Crippen LogP contribution is -2.39. The maximum absolute atomic E-state index is 13.6. The molecule has 4 aromatic rings. The van der Waals surface area contributed by atoms with Crippen molar-refractivity contribution in [3.8, 4) is 0 Å². The van der Waals surface area contributed by atoms with Gasteiger partial charge in [-0.1, -0.05) is 18.2 Å². The average molecular weight is 471 g/mol. The number of aromatic nitrogens is 5. The van der Waals surface area contributed by atoms with E-state index < -0.39 is 6.04 Å². The summed E-state index contributed by atoms with van der Waals surface area (Å²) in [5, 5.41) is 13.9. The highest BCUT2D eigenvalue weighted by atomic mass is 16.5. The minimum Gasteiger partial charge on any atom is -0.376 e. The molecule has 0 spiro atoms. The van der Waals surface area contributed by atoms with Crippen LogP contribution < -0.4 is 10.5 Å². The van der Waals surface area contributed by atoms with E-state index in [1.807, 2.05) is 22.9 Å². The molecule has 1 saturated heterocycles. The SMILES string of the molecule is Cc1cc2cc([C@@H](c3nnnn3C[C@H]3CCCO3)N3c4ccccc4C[C@@H]3C)c(=O)[nH]c2cc1C. The van der Waals surface area contributed by atoms with Crippen LogP contribution in [0.15, 0.2) is 47.3 Å². The maximum Gasteiger partial charge on any atom is 0.254 e. The summed E-state index contributed by atoms with van der Waals surface area (Å²) in [6.07, 6.45) is 3.03. The fraction of sp³-hybridized carbons (Fsp3) is 0.407. The second kappa shape index (κ2) is 8.61. The number of fused-ring (bicyclic) bond motifs is 2. The highest BCUT2D eigenvalue weighted by molar-refractivity contribution is 5.81. The fourth-order valence-corrected chi connectivity index (χ4v) is 5.61. The van der Waals surface area contributed by atoms with E-state index in [4.69, 9.17) is 4.74 Å². The van der Waals surface area contributed by atoms with Gasteiger partial charge in [-0.05, 0) is 96.8 Å². The molecule has 0 aliphatic carbocycles. The molecule has 0 saturated carbocycles. The van der Waals surface area contributed by atoms with Gasteiger partial charge in [-0.15, -0.1) is 5.10 Å². The summed E-state index contributed by atoms with van der Waals surface area (Å²) in [6, 6.07) is 14.4. The van der Waals surface area contributed by atoms with Crippen molar-refractivity contribution in [1.29, 1.82) is 0 Å². The number of hydrogen-bond acceptors (Lipinski definition) is 6. The third-order valence-corrected chi connectivity index (χ3v) is 7.52. The van der Waals surface area contributed by atoms with Crippen molar-refractivity contribution < 1.29 is 4.74 Å². The van der Waals surface area contributed by atoms with Crippen LogP contribution in [-0.2, 0) is 17.7 Å². The van der Waals surface area contributed by atoms with Crippen LogP contribution in [-0.4, -0.2) is 43.9 Å². The highest BCUT2D eigenvalue weighted by Crippen LogP contribution is 2.40. The van der Waals surface area contributed by atoms with Crippen molar-refractivity contribution in [2.45, 2.75) is 64.8 Å². The first-order chi connectivity index (χ1) is 17.0. The summed E-state index contributed by atoms with van der Waals surface area (Å²) < 4.78 is 7.71. The molecule has 2 aromatic heterocycles. The summed E-state index contributed by atoms with van der Waals surface area (Å²) in [5.41, 5.74) is 6.11. The molecule has 0 radical (unpaired) electrons. The summed E-state index contributed by atoms with van der Waals surface area (Å²) in [6.45, 7) is 7.70. The third-order valence-electron chi connectivity index (χ3n) is 7.52. The first kappa shape index (κ1) is 22.0. The average Bonchev–Trinajstić information content (AvgIpc) is 3.58. The Balaban J connectivity index is 1.54. The number of rotatable bonds is 5. The van der Waals surface area contributed by atoms with Crippen LogP contribution in [0.3, 0.4) is 0 Å². The number of aromatic amines is 1. The largest absolute Gasteiger partial charge is 0.376 e. The van der Waals surface area contributed by atoms with Gasteiger partial charge in [0.15, 0.2) is 5.82 Å². The Morgan fingerprint density at radius 3 is 2.83 bits per heavy atom. The lowest BCUT2D eigenvalue weighted by molar-refractivity contribution is 0.0924. The molecule has 1 N–H and O–H groups in total. The minimum absolute atomic E-state index is 0.0849. The Hall–Kier alpha value is -3.52. The number of nitrogens with zero attached hydrogens (tertiary/aromatic N) is 5. The topological polar surface area (TPSA) is 88.9 Å². The Kier molecular flexibility index (Phi) is 5.40. The second-order valence-corrected chi connectivity index (χ2v) is 9.92. The number of hydrogen-bond donors (Lipinski definition) is 1. The van der Waals surface area contributed by atoms with Crippen molar-refractivity contribution >= 4 is 16.6 Å². The molecule has 1 fully saturated rings. The van der Waals surface area contributed by atoms with E-state index in [0.717, 1.165) is 48.0 Å². The molecule has 0 amide bonds. The van der Waals surface area contributed by atoms with E-state index >= 15 is 0 Å². The van der Waals surface area contributed by atoms with Gasteiger partial charge < -0.3 is 14.6 Å². The van der Waals surface area contributed by atoms with Gasteiger partial charge in [0.05, 0.1) is 12.6 Å². The number of aryl methyl sites for hydroxylation is 2. The standard InChI is InChI=1S/C27H30N6O2/c1-16-11-20-14-22(27(34)28-23(20)12-17(16)2)25(33-18(3)13-19-7-4-5-9-24(19)33)26-29-30-31-32(26)15-21-8-6-10-35-21/h4-5,7,9,11-12,14,18,21,25H,6,8,10,13,15H2,1-3H3,(H,28,34)/t18-,21+,25-/m0/s1. The predicted octanol–water partition coefficient (Wildman–Crippen LogP) is 3.85. The monoisotopic (exact) mass is 470 g/mol. The van der Waals surface area contributed by atoms with E-state index in [0.29, 0.717) is 17.9 Å². The molecule has 0 unspecified atom stereocenters. The van der Waals surface area contributed by atoms with Crippen LogP contribution in [0.4, 0.5) is 5.69 Å². The van der Waals surface area contributed by atoms with Gasteiger partial charge in [-0.3, -0.25) is 4.79 Å². The lowest BCUT2D eigenvalue weighted by atomic mass is 10.00. The molecular weight excluding hydrogens is 440 g/mol. The lowest BCUT2D eigenvalue weighted by Gasteiger charge is -2.33. The molecule has 35 heavy (non-hydrogen) atoms. The zero-order chi connectivity index (χ0) is 24.1. The van der Waals surface area contributed by atoms with Gasteiger partial charge in [0.25, 0.3) is 5.56 Å². The Labute approximate surface area is 203 Å². The first-order valence-electron chi connectivity index (χ1n) is 12.4. The van der Waals surface area contributed by atoms with Crippen molar-refractivity contribution in [2.75, 3.05) is 11.5 Å². The van der Waals surface area contributed by atoms with E-state index in [2.05, 4.69) is 70.4 Å². The summed E-state index contributed by atoms with van der Waals surface area (Å²) in [5.74, 6) is 0.665. The van der Waals surface area contributed by atoms with E-state index in [1.54, 1.807) is 0 Å². The first-order valence-corrected chi connectivity index (χ1v) is 12.4. The van der Waals surface area contributed by atoms with Gasteiger partial charge in [-0.2, -0.15) is 0 Å². The number of para-hydroxylation sites is 1. The molecule has 2 aliphatic heterocycles. The zero-order valence-corrected chi connectivity index (χ0v) is 20.4. The van der Waals surface area contributed by atoms with Crippen LogP contribution in [0.25, 0.3) is 10.9 Å². The molecule has 2 aromatic carbocycles. The number of tetrazole rings is 1. The third kappa shape index (κ3) is 3.82. The molecule has 0 bridgehead atoms. The molecule has 4 heterocycles. The van der Waals surface area contributed by atoms with Crippen LogP contribution in [0.1, 0.15) is 53.9 Å². The van der Waals surface area contributed by atoms with Crippen molar-refractivity contribution in [3.05, 3.63) is 80.9 Å². The predicted molar refractivity (Wildman–Crippen MR) is 135 cm³/mol. The Bertz CT molecular complexity index is 1450. The summed E-state index contributed by atoms with van der Waals surface area (Å²) in [7, 11) is 0. The van der Waals surface area contributed by atoms with Crippen LogP contribution in [0, 0.1) is 13.8 Å². The molecule has 6 rings (SSSR count). The molecular formula is C27H30N6O2. The molecule has 180 valence electrons. The van der Waals surface area contributed by atoms with Crippen LogP contribution in [0.2, 0.25) is 0 Å². The Morgan fingerprint density at radius 2 is 2.00 bits per heavy atom. The number of ether oxygens (including phenoxy) is 1. The van der Waals surface area contributed by atoms with E-state index in [9.17, 15) is 4.79 Å². The zero-order valence-electron chi connectivity index (χ0n) is 20.4. The van der Waals surface area contributed by atoms with E-state index in [1.165, 1.54) is 11.1 Å². The molecule has 8 nitrogen and oxygen atoms in total. The van der Waals surface area contributed by atoms with Gasteiger partial charge in [0, 0.05) is 29.4 Å².